The topological polar surface area (TPSA) is 79.0 Å². The number of fused-ring (bicyclic) bond motifs is 2. The molecule has 7 nitrogen and oxygen atoms in total. The van der Waals surface area contributed by atoms with E-state index in [4.69, 9.17) is 20.4 Å². The molecule has 5 rings (SSSR count). The molecule has 3 aliphatic rings. The number of halogens is 1. The highest BCUT2D eigenvalue weighted by atomic mass is 35.5. The number of benzene rings is 1. The fraction of sp³-hybridized carbons (Fsp3) is 0.391. The van der Waals surface area contributed by atoms with Gasteiger partial charge in [-0.1, -0.05) is 6.07 Å². The number of aromatic nitrogens is 1. The summed E-state index contributed by atoms with van der Waals surface area (Å²) in [5.74, 6) is 1.27. The van der Waals surface area contributed by atoms with Crippen molar-refractivity contribution in [2.45, 2.75) is 18.9 Å². The number of likely N-dealkylation sites (N-methyl/N-ethyl adjacent to an activating group) is 1. The SMILES string of the molecule is COc1ccc2c(c1)C1=C(CC2)C(c2ccc(N3CCN(C)CC3)cn2)N=C(N)N1.Cl. The van der Waals surface area contributed by atoms with Gasteiger partial charge < -0.3 is 25.6 Å². The summed E-state index contributed by atoms with van der Waals surface area (Å²) < 4.78 is 5.44. The molecule has 1 aromatic carbocycles. The second-order valence-corrected chi connectivity index (χ2v) is 8.20. The van der Waals surface area contributed by atoms with Crippen molar-refractivity contribution in [3.05, 3.63) is 58.9 Å². The normalized spacial score (nSPS) is 20.8. The number of nitrogens with zero attached hydrogens (tertiary/aromatic N) is 4. The van der Waals surface area contributed by atoms with Gasteiger partial charge in [0.25, 0.3) is 0 Å². The largest absolute Gasteiger partial charge is 0.497 e. The Kier molecular flexibility index (Phi) is 6.07. The van der Waals surface area contributed by atoms with Gasteiger partial charge >= 0.3 is 0 Å². The minimum atomic E-state index is -0.151. The zero-order valence-electron chi connectivity index (χ0n) is 18.0. The summed E-state index contributed by atoms with van der Waals surface area (Å²) in [6.45, 7) is 4.22. The summed E-state index contributed by atoms with van der Waals surface area (Å²) in [5, 5.41) is 3.30. The van der Waals surface area contributed by atoms with Gasteiger partial charge in [-0.05, 0) is 55.3 Å². The number of nitrogens with two attached hydrogens (primary N) is 1. The lowest BCUT2D eigenvalue weighted by molar-refractivity contribution is 0.313. The highest BCUT2D eigenvalue weighted by Crippen LogP contribution is 2.41. The first-order valence-corrected chi connectivity index (χ1v) is 10.5. The van der Waals surface area contributed by atoms with Crippen LogP contribution in [0, 0.1) is 0 Å². The number of rotatable bonds is 3. The van der Waals surface area contributed by atoms with Crippen LogP contribution in [0.4, 0.5) is 5.69 Å². The third kappa shape index (κ3) is 4.07. The molecule has 1 aliphatic carbocycles. The van der Waals surface area contributed by atoms with E-state index >= 15 is 0 Å². The monoisotopic (exact) mass is 440 g/mol. The van der Waals surface area contributed by atoms with Gasteiger partial charge in [-0.25, -0.2) is 4.99 Å². The lowest BCUT2D eigenvalue weighted by atomic mass is 9.84. The molecule has 1 fully saturated rings. The van der Waals surface area contributed by atoms with Gasteiger partial charge in [0.15, 0.2) is 5.96 Å². The number of anilines is 1. The number of hydrogen-bond acceptors (Lipinski definition) is 7. The van der Waals surface area contributed by atoms with Gasteiger partial charge in [0.05, 0.1) is 30.4 Å². The van der Waals surface area contributed by atoms with Crippen LogP contribution < -0.4 is 20.7 Å². The molecule has 0 bridgehead atoms. The van der Waals surface area contributed by atoms with Crippen LogP contribution >= 0.6 is 12.4 Å². The Labute approximate surface area is 189 Å². The van der Waals surface area contributed by atoms with Crippen LogP contribution in [0.1, 0.15) is 29.3 Å². The average molecular weight is 441 g/mol. The second kappa shape index (κ2) is 8.77. The third-order valence-corrected chi connectivity index (χ3v) is 6.34. The maximum Gasteiger partial charge on any atom is 0.194 e. The summed E-state index contributed by atoms with van der Waals surface area (Å²) in [4.78, 5) is 14.3. The molecular weight excluding hydrogens is 412 g/mol. The van der Waals surface area contributed by atoms with E-state index < -0.39 is 0 Å². The fourth-order valence-corrected chi connectivity index (χ4v) is 4.55. The summed E-state index contributed by atoms with van der Waals surface area (Å²) in [6.07, 6.45) is 3.89. The van der Waals surface area contributed by atoms with E-state index in [0.717, 1.165) is 61.7 Å². The number of aliphatic imine (C=N–C) groups is 1. The predicted molar refractivity (Wildman–Crippen MR) is 127 cm³/mol. The summed E-state index contributed by atoms with van der Waals surface area (Å²) in [5.41, 5.74) is 13.0. The molecule has 0 spiro atoms. The second-order valence-electron chi connectivity index (χ2n) is 8.20. The molecule has 1 saturated heterocycles. The van der Waals surface area contributed by atoms with Crippen LogP contribution in [0.2, 0.25) is 0 Å². The van der Waals surface area contributed by atoms with E-state index in [1.165, 1.54) is 16.8 Å². The van der Waals surface area contributed by atoms with Crippen LogP contribution in [0.5, 0.6) is 5.75 Å². The minimum absolute atomic E-state index is 0. The van der Waals surface area contributed by atoms with Crippen LogP contribution in [-0.4, -0.2) is 56.2 Å². The molecule has 0 amide bonds. The number of methoxy groups -OCH3 is 1. The molecule has 31 heavy (non-hydrogen) atoms. The zero-order chi connectivity index (χ0) is 20.7. The molecule has 2 aromatic rings. The number of hydrogen-bond donors (Lipinski definition) is 2. The van der Waals surface area contributed by atoms with Gasteiger partial charge in [0, 0.05) is 31.7 Å². The van der Waals surface area contributed by atoms with E-state index in [-0.39, 0.29) is 18.4 Å². The summed E-state index contributed by atoms with van der Waals surface area (Å²) in [7, 11) is 3.86. The minimum Gasteiger partial charge on any atom is -0.497 e. The predicted octanol–water partition coefficient (Wildman–Crippen LogP) is 2.58. The van der Waals surface area contributed by atoms with Crippen molar-refractivity contribution in [3.8, 4) is 5.75 Å². The molecule has 3 N–H and O–H groups in total. The van der Waals surface area contributed by atoms with Gasteiger partial charge in [0.2, 0.25) is 0 Å². The average Bonchev–Trinajstić information content (AvgIpc) is 2.79. The Morgan fingerprint density at radius 1 is 1.10 bits per heavy atom. The van der Waals surface area contributed by atoms with E-state index in [9.17, 15) is 0 Å². The molecule has 2 aliphatic heterocycles. The van der Waals surface area contributed by atoms with Crippen LogP contribution in [0.3, 0.4) is 0 Å². The number of nitrogens with one attached hydrogen (secondary N) is 1. The van der Waals surface area contributed by atoms with E-state index in [2.05, 4.69) is 46.4 Å². The Bertz CT molecular complexity index is 1010. The third-order valence-electron chi connectivity index (χ3n) is 6.34. The van der Waals surface area contributed by atoms with Crippen molar-refractivity contribution in [3.63, 3.8) is 0 Å². The van der Waals surface area contributed by atoms with Gasteiger partial charge in [-0.3, -0.25) is 4.98 Å². The van der Waals surface area contributed by atoms with Crippen molar-refractivity contribution in [1.82, 2.24) is 15.2 Å². The lowest BCUT2D eigenvalue weighted by Gasteiger charge is -2.34. The molecule has 8 heteroatoms. The van der Waals surface area contributed by atoms with Crippen LogP contribution in [0.25, 0.3) is 5.70 Å². The molecule has 0 radical (unpaired) electrons. The molecule has 1 aromatic heterocycles. The lowest BCUT2D eigenvalue weighted by Crippen LogP contribution is -2.44. The number of aryl methyl sites for hydroxylation is 1. The summed E-state index contributed by atoms with van der Waals surface area (Å²) in [6, 6.07) is 10.4. The number of pyridine rings is 1. The van der Waals surface area contributed by atoms with Crippen molar-refractivity contribution in [2.24, 2.45) is 10.7 Å². The van der Waals surface area contributed by atoms with Gasteiger partial charge in [-0.2, -0.15) is 0 Å². The quantitative estimate of drug-likeness (QED) is 0.763. The van der Waals surface area contributed by atoms with Gasteiger partial charge in [-0.15, -0.1) is 12.4 Å². The molecular formula is C23H29ClN6O. The van der Waals surface area contributed by atoms with E-state index in [1.807, 2.05) is 12.3 Å². The Morgan fingerprint density at radius 3 is 2.61 bits per heavy atom. The maximum absolute atomic E-state index is 6.19. The van der Waals surface area contributed by atoms with Crippen molar-refractivity contribution >= 4 is 29.8 Å². The van der Waals surface area contributed by atoms with E-state index in [0.29, 0.717) is 5.96 Å². The van der Waals surface area contributed by atoms with Crippen LogP contribution in [-0.2, 0) is 6.42 Å². The first-order valence-electron chi connectivity index (χ1n) is 10.5. The standard InChI is InChI=1S/C23H28N6O.ClH/c1-28-9-11-29(12-10-28)16-5-8-20(25-14-16)22-18-7-4-15-3-6-17(30-2)13-19(15)21(18)26-23(24)27-22;/h3,5-6,8,13-14,22H,4,7,9-12H2,1-2H3,(H3,24,26,27);1H. The van der Waals surface area contributed by atoms with Crippen molar-refractivity contribution in [2.75, 3.05) is 45.2 Å². The zero-order valence-corrected chi connectivity index (χ0v) is 18.8. The van der Waals surface area contributed by atoms with Crippen molar-refractivity contribution < 1.29 is 4.74 Å². The van der Waals surface area contributed by atoms with Crippen molar-refractivity contribution in [1.29, 1.82) is 0 Å². The first-order chi connectivity index (χ1) is 14.6. The summed E-state index contributed by atoms with van der Waals surface area (Å²) >= 11 is 0. The Morgan fingerprint density at radius 2 is 1.90 bits per heavy atom. The number of guanidine groups is 1. The highest BCUT2D eigenvalue weighted by Gasteiger charge is 2.30. The van der Waals surface area contributed by atoms with Gasteiger partial charge in [0.1, 0.15) is 11.8 Å². The molecule has 164 valence electrons. The van der Waals surface area contributed by atoms with E-state index in [1.54, 1.807) is 7.11 Å². The highest BCUT2D eigenvalue weighted by molar-refractivity contribution is 5.93. The Hall–Kier alpha value is -2.77. The Balaban J connectivity index is 0.00000231. The smallest absolute Gasteiger partial charge is 0.194 e. The number of ether oxygens (including phenoxy) is 1. The maximum atomic E-state index is 6.19. The fourth-order valence-electron chi connectivity index (χ4n) is 4.55. The molecule has 1 atom stereocenters. The molecule has 0 saturated carbocycles. The van der Waals surface area contributed by atoms with Crippen LogP contribution in [0.15, 0.2) is 47.1 Å². The molecule has 1 unspecified atom stereocenters. The first kappa shape index (κ1) is 21.5. The number of piperazine rings is 1. The molecule has 3 heterocycles.